The average molecular weight is 1080 g/mol. The van der Waals surface area contributed by atoms with Crippen LogP contribution in [-0.2, 0) is 66.6 Å². The number of aliphatic carboxylic acids is 3. The van der Waals surface area contributed by atoms with E-state index in [4.69, 9.17) is 42.6 Å². The summed E-state index contributed by atoms with van der Waals surface area (Å²) in [5.74, 6) is -17.5. The van der Waals surface area contributed by atoms with Crippen LogP contribution in [0.15, 0.2) is 0 Å². The molecular formula is C40H64N2O32. The maximum absolute atomic E-state index is 13.2. The zero-order chi connectivity index (χ0) is 55.5. The molecule has 0 aromatic rings. The lowest BCUT2D eigenvalue weighted by molar-refractivity contribution is -0.380. The number of nitrogens with one attached hydrogen (secondary N) is 2. The quantitative estimate of drug-likeness (QED) is 0.0507. The first kappa shape index (κ1) is 61.2. The third kappa shape index (κ3) is 13.0. The number of carboxylic acids is 3. The molecule has 5 heterocycles. The molecule has 34 heteroatoms. The molecule has 5 rings (SSSR count). The molecule has 0 aliphatic carbocycles. The lowest BCUT2D eigenvalue weighted by atomic mass is 9.89. The summed E-state index contributed by atoms with van der Waals surface area (Å²) < 4.78 is 49.5. The van der Waals surface area contributed by atoms with Gasteiger partial charge < -0.3 is 145 Å². The molecule has 2 amide bonds. The molecule has 5 fully saturated rings. The summed E-state index contributed by atoms with van der Waals surface area (Å²) in [6, 6.07) is -3.16. The Bertz CT molecular complexity index is 1940. The smallest absolute Gasteiger partial charge is 0.364 e. The normalized spacial score (nSPS) is 44.1. The summed E-state index contributed by atoms with van der Waals surface area (Å²) >= 11 is 0. The largest absolute Gasteiger partial charge is 0.477 e. The van der Waals surface area contributed by atoms with E-state index in [9.17, 15) is 116 Å². The zero-order valence-electron chi connectivity index (χ0n) is 39.1. The highest BCUT2D eigenvalue weighted by atomic mass is 16.8. The van der Waals surface area contributed by atoms with Crippen LogP contribution in [-0.4, -0.2) is 307 Å². The van der Waals surface area contributed by atoms with Crippen molar-refractivity contribution in [3.05, 3.63) is 0 Å². The number of amides is 2. The second-order valence-corrected chi connectivity index (χ2v) is 18.3. The van der Waals surface area contributed by atoms with Crippen LogP contribution < -0.4 is 10.6 Å². The predicted molar refractivity (Wildman–Crippen MR) is 223 cm³/mol. The summed E-state index contributed by atoms with van der Waals surface area (Å²) in [5, 5.41) is 195. The van der Waals surface area contributed by atoms with Crippen LogP contribution in [0, 0.1) is 0 Å². The fraction of sp³-hybridized carbons (Fsp3) is 0.875. The van der Waals surface area contributed by atoms with E-state index in [-0.39, 0.29) is 0 Å². The summed E-state index contributed by atoms with van der Waals surface area (Å²) in [5.41, 5.74) is 0. The molecule has 1 unspecified atom stereocenters. The van der Waals surface area contributed by atoms with Gasteiger partial charge in [0.25, 0.3) is 17.4 Å². The van der Waals surface area contributed by atoms with Gasteiger partial charge in [-0.25, -0.2) is 14.4 Å². The first-order valence-corrected chi connectivity index (χ1v) is 22.7. The van der Waals surface area contributed by atoms with E-state index in [0.29, 0.717) is 0 Å². The number of aliphatic hydroxyl groups is 15. The van der Waals surface area contributed by atoms with Gasteiger partial charge in [0, 0.05) is 33.1 Å². The minimum Gasteiger partial charge on any atom is -0.477 e. The van der Waals surface area contributed by atoms with Gasteiger partial charge in [0.05, 0.1) is 51.3 Å². The summed E-state index contributed by atoms with van der Waals surface area (Å²) in [4.78, 5) is 62.4. The monoisotopic (exact) mass is 1080 g/mol. The number of ether oxygens (including phenoxy) is 9. The van der Waals surface area contributed by atoms with Crippen LogP contribution in [0.2, 0.25) is 0 Å². The predicted octanol–water partition coefficient (Wildman–Crippen LogP) is -12.1. The second kappa shape index (κ2) is 24.8. The van der Waals surface area contributed by atoms with Crippen molar-refractivity contribution in [1.82, 2.24) is 10.6 Å². The van der Waals surface area contributed by atoms with Crippen LogP contribution in [0.5, 0.6) is 0 Å². The Morgan fingerprint density at radius 2 is 0.973 bits per heavy atom. The molecule has 5 aliphatic rings. The lowest BCUT2D eigenvalue weighted by Gasteiger charge is -2.50. The third-order valence-electron chi connectivity index (χ3n) is 13.0. The number of carboxylic acid groups (broad SMARTS) is 3. The van der Waals surface area contributed by atoms with Crippen molar-refractivity contribution in [3.63, 3.8) is 0 Å². The van der Waals surface area contributed by atoms with Crippen LogP contribution in [0.25, 0.3) is 0 Å². The van der Waals surface area contributed by atoms with E-state index >= 15 is 0 Å². The molecule has 25 atom stereocenters. The molecule has 0 aromatic heterocycles. The summed E-state index contributed by atoms with van der Waals surface area (Å²) in [6.07, 6.45) is -45.5. The Labute approximate surface area is 416 Å². The van der Waals surface area contributed by atoms with Crippen molar-refractivity contribution in [1.29, 1.82) is 0 Å². The Morgan fingerprint density at radius 1 is 0.541 bits per heavy atom. The number of hydrogen-bond acceptors (Lipinski definition) is 29. The van der Waals surface area contributed by atoms with Crippen molar-refractivity contribution in [2.45, 2.75) is 185 Å². The van der Waals surface area contributed by atoms with E-state index in [0.717, 1.165) is 13.8 Å². The van der Waals surface area contributed by atoms with Crippen molar-refractivity contribution >= 4 is 29.7 Å². The molecule has 0 spiro atoms. The van der Waals surface area contributed by atoms with Gasteiger partial charge in [-0.2, -0.15) is 0 Å². The van der Waals surface area contributed by atoms with E-state index in [1.54, 1.807) is 0 Å². The van der Waals surface area contributed by atoms with E-state index in [1.165, 1.54) is 0 Å². The lowest BCUT2D eigenvalue weighted by Crippen LogP contribution is -2.69. The van der Waals surface area contributed by atoms with Crippen molar-refractivity contribution < 1.29 is 159 Å². The van der Waals surface area contributed by atoms with Crippen LogP contribution >= 0.6 is 0 Å². The number of aliphatic hydroxyl groups excluding tert-OH is 15. The van der Waals surface area contributed by atoms with Gasteiger partial charge in [-0.3, -0.25) is 9.59 Å². The molecule has 0 bridgehead atoms. The highest BCUT2D eigenvalue weighted by Crippen LogP contribution is 2.41. The molecule has 20 N–H and O–H groups in total. The minimum atomic E-state index is -3.36. The zero-order valence-corrected chi connectivity index (χ0v) is 39.1. The van der Waals surface area contributed by atoms with Crippen molar-refractivity contribution in [2.75, 3.05) is 33.0 Å². The van der Waals surface area contributed by atoms with Crippen LogP contribution in [0.1, 0.15) is 33.1 Å². The standard InChI is InChI=1S/C40H64N2O32/c1-11(45)41-21-28(57)25(54)19(69-33(21)59)9-66-34-22(42-12(2)46)29(58)26(55)20(70-34)10-68-39(36(62)63)5-18(27(56)31(73-39)16(50)7-44)71-40(37(64)65)4-14(48)24(53)32(74-40)17(51)8-67-38(35(60)61)3-13(47)23(52)30(72-38)15(49)6-43/h13-34,43-44,47-59H,3-10H2,1-2H3,(H,41,45)(H,42,46)(H,60,61)(H,62,63)(H,64,65)/t13-,14?,15-,16-,17-,18-,19-,20-,21-,22-,23-,24-,25-,26-,27-,28-,29-,30-,31-,32-,33+,34-,38-,39-,40-/m1/s1. The van der Waals surface area contributed by atoms with Gasteiger partial charge in [0.2, 0.25) is 11.8 Å². The van der Waals surface area contributed by atoms with Gasteiger partial charge >= 0.3 is 17.9 Å². The summed E-state index contributed by atoms with van der Waals surface area (Å²) in [6.45, 7) is -3.70. The molecule has 5 saturated heterocycles. The Morgan fingerprint density at radius 3 is 1.47 bits per heavy atom. The van der Waals surface area contributed by atoms with Gasteiger partial charge in [-0.05, 0) is 0 Å². The number of carbonyl (C=O) groups excluding carboxylic acids is 2. The van der Waals surface area contributed by atoms with E-state index in [2.05, 4.69) is 10.6 Å². The SMILES string of the molecule is CC(=O)N[C@@H]1[C@@H](O)[C@H](O)[C@@H](CO[C@@H]2O[C@H](CO[C@]3(C(=O)O)C[C@@H](O[C@]4(C(=O)O)CC(O)[C@@H](O)[C@@H]([C@H](O)CO[C@]5(C(=O)O)C[C@@H](O)[C@@H](O)[C@@H]([C@H](O)CO)O5)O4)[C@@H](O)[C@@H]([C@H](O)CO)O3)[C@@H](O)[C@H](O)[C@H]2NC(C)=O)O[C@@H]1O. The maximum atomic E-state index is 13.2. The molecule has 0 radical (unpaired) electrons. The minimum absolute atomic E-state index is 0.706. The molecule has 74 heavy (non-hydrogen) atoms. The second-order valence-electron chi connectivity index (χ2n) is 18.3. The highest BCUT2D eigenvalue weighted by Gasteiger charge is 2.62. The molecular weight excluding hydrogens is 1020 g/mol. The Kier molecular flexibility index (Phi) is 20.5. The third-order valence-corrected chi connectivity index (χ3v) is 13.0. The fourth-order valence-electron chi connectivity index (χ4n) is 8.97. The van der Waals surface area contributed by atoms with E-state index < -0.39 is 234 Å². The highest BCUT2D eigenvalue weighted by molar-refractivity contribution is 5.77. The topological polar surface area (TPSA) is 557 Å². The Balaban J connectivity index is 1.39. The Hall–Kier alpha value is -3.61. The molecule has 0 saturated carbocycles. The number of hydrogen-bond donors (Lipinski definition) is 20. The van der Waals surface area contributed by atoms with Gasteiger partial charge in [0.1, 0.15) is 104 Å². The van der Waals surface area contributed by atoms with Gasteiger partial charge in [-0.1, -0.05) is 0 Å². The van der Waals surface area contributed by atoms with Crippen LogP contribution in [0.4, 0.5) is 0 Å². The number of carbonyl (C=O) groups is 5. The molecule has 0 aromatic carbocycles. The molecule has 426 valence electrons. The first-order chi connectivity index (χ1) is 34.5. The van der Waals surface area contributed by atoms with E-state index in [1.807, 2.05) is 0 Å². The first-order valence-electron chi connectivity index (χ1n) is 22.7. The molecule has 5 aliphatic heterocycles. The van der Waals surface area contributed by atoms with Gasteiger partial charge in [-0.15, -0.1) is 0 Å². The number of rotatable bonds is 21. The van der Waals surface area contributed by atoms with Crippen LogP contribution in [0.3, 0.4) is 0 Å². The summed E-state index contributed by atoms with van der Waals surface area (Å²) in [7, 11) is 0. The van der Waals surface area contributed by atoms with Gasteiger partial charge in [0.15, 0.2) is 12.6 Å². The molecule has 34 nitrogen and oxygen atoms in total. The maximum Gasteiger partial charge on any atom is 0.364 e. The fourth-order valence-corrected chi connectivity index (χ4v) is 8.97. The van der Waals surface area contributed by atoms with Crippen molar-refractivity contribution in [3.8, 4) is 0 Å². The van der Waals surface area contributed by atoms with Crippen molar-refractivity contribution in [2.24, 2.45) is 0 Å². The average Bonchev–Trinajstić information content (AvgIpc) is 3.33.